The summed E-state index contributed by atoms with van der Waals surface area (Å²) in [5.74, 6) is -0.481. The van der Waals surface area contributed by atoms with E-state index >= 15 is 0 Å². The number of hydrogen-bond donors (Lipinski definition) is 1. The van der Waals surface area contributed by atoms with Gasteiger partial charge in [0.1, 0.15) is 0 Å². The number of hydrogen-bond acceptors (Lipinski definition) is 1. The van der Waals surface area contributed by atoms with Crippen molar-refractivity contribution >= 4 is 5.91 Å². The zero-order chi connectivity index (χ0) is 7.70. The molecule has 0 spiro atoms. The maximum Gasteiger partial charge on any atom is 0.240 e. The Morgan fingerprint density at radius 3 is 1.78 bits per heavy atom. The first-order valence-corrected chi connectivity index (χ1v) is 3.10. The van der Waals surface area contributed by atoms with Gasteiger partial charge in [0.2, 0.25) is 5.91 Å². The van der Waals surface area contributed by atoms with Gasteiger partial charge in [0.05, 0.1) is 0 Å². The van der Waals surface area contributed by atoms with Crippen LogP contribution in [0.3, 0.4) is 0 Å². The van der Waals surface area contributed by atoms with Crippen molar-refractivity contribution < 1.29 is 4.79 Å². The Labute approximate surface area is 56.7 Å². The fraction of sp³-hybridized carbons (Fsp3) is 0.571. The lowest BCUT2D eigenvalue weighted by Gasteiger charge is -1.68. The molecule has 0 aromatic heterocycles. The molecule has 0 aliphatic rings. The van der Waals surface area contributed by atoms with Gasteiger partial charge < -0.3 is 5.73 Å². The predicted molar refractivity (Wildman–Crippen MR) is 40.0 cm³/mol. The molecule has 0 saturated carbocycles. The molecule has 0 aliphatic carbocycles. The van der Waals surface area contributed by atoms with Crippen molar-refractivity contribution in [3.8, 4) is 0 Å². The van der Waals surface area contributed by atoms with Crippen LogP contribution in [0.15, 0.2) is 12.7 Å². The first-order chi connectivity index (χ1) is 4.18. The van der Waals surface area contributed by atoms with E-state index in [9.17, 15) is 4.79 Å². The van der Waals surface area contributed by atoms with Gasteiger partial charge in [-0.2, -0.15) is 0 Å². The predicted octanol–water partition coefficient (Wildman–Crippen LogP) is 1.46. The van der Waals surface area contributed by atoms with Crippen LogP contribution in [0.1, 0.15) is 26.7 Å². The summed E-state index contributed by atoms with van der Waals surface area (Å²) in [7, 11) is 0. The number of primary amides is 1. The van der Waals surface area contributed by atoms with Crippen molar-refractivity contribution in [1.82, 2.24) is 0 Å². The van der Waals surface area contributed by atoms with Crippen molar-refractivity contribution in [1.29, 1.82) is 0 Å². The van der Waals surface area contributed by atoms with Crippen LogP contribution in [0.2, 0.25) is 0 Å². The van der Waals surface area contributed by atoms with Crippen LogP contribution >= 0.6 is 0 Å². The molecular formula is C7H15NO. The number of carbonyl (C=O) groups excluding carboxylic acids is 1. The van der Waals surface area contributed by atoms with Gasteiger partial charge in [0, 0.05) is 0 Å². The number of nitrogens with two attached hydrogens (primary N) is 1. The summed E-state index contributed by atoms with van der Waals surface area (Å²) in [6.45, 7) is 7.45. The van der Waals surface area contributed by atoms with E-state index in [1.807, 2.05) is 0 Å². The normalized spacial score (nSPS) is 6.89. The third-order valence-corrected chi connectivity index (χ3v) is 0.701. The summed E-state index contributed by atoms with van der Waals surface area (Å²) >= 11 is 0. The molecule has 0 saturated heterocycles. The second-order valence-corrected chi connectivity index (χ2v) is 1.61. The van der Waals surface area contributed by atoms with E-state index in [1.54, 1.807) is 0 Å². The van der Waals surface area contributed by atoms with Crippen LogP contribution in [-0.2, 0) is 4.79 Å². The first kappa shape index (κ1) is 11.1. The molecule has 2 heteroatoms. The Balaban J connectivity index is 0. The average Bonchev–Trinajstić information content (AvgIpc) is 1.89. The molecule has 0 radical (unpaired) electrons. The van der Waals surface area contributed by atoms with Gasteiger partial charge in [-0.15, -0.1) is 0 Å². The number of amides is 1. The SMILES string of the molecule is C=CC(N)=O.CCCC. The van der Waals surface area contributed by atoms with Crippen molar-refractivity contribution in [2.45, 2.75) is 26.7 Å². The van der Waals surface area contributed by atoms with Gasteiger partial charge >= 0.3 is 0 Å². The monoisotopic (exact) mass is 129 g/mol. The number of unbranched alkanes of at least 4 members (excludes halogenated alkanes) is 1. The second kappa shape index (κ2) is 10.2. The Hall–Kier alpha value is -0.790. The van der Waals surface area contributed by atoms with Crippen molar-refractivity contribution in [3.05, 3.63) is 12.7 Å². The highest BCUT2D eigenvalue weighted by atomic mass is 16.1. The third-order valence-electron chi connectivity index (χ3n) is 0.701. The quantitative estimate of drug-likeness (QED) is 0.563. The van der Waals surface area contributed by atoms with Crippen LogP contribution in [0.5, 0.6) is 0 Å². The molecule has 0 atom stereocenters. The van der Waals surface area contributed by atoms with Crippen LogP contribution in [-0.4, -0.2) is 5.91 Å². The topological polar surface area (TPSA) is 43.1 Å². The zero-order valence-corrected chi connectivity index (χ0v) is 6.18. The van der Waals surface area contributed by atoms with Crippen LogP contribution in [0.4, 0.5) is 0 Å². The van der Waals surface area contributed by atoms with Gasteiger partial charge in [0.15, 0.2) is 0 Å². The second-order valence-electron chi connectivity index (χ2n) is 1.61. The largest absolute Gasteiger partial charge is 0.366 e. The zero-order valence-electron chi connectivity index (χ0n) is 6.18. The molecule has 54 valence electrons. The summed E-state index contributed by atoms with van der Waals surface area (Å²) in [6.07, 6.45) is 3.69. The van der Waals surface area contributed by atoms with E-state index in [1.165, 1.54) is 12.8 Å². The molecule has 0 aromatic carbocycles. The summed E-state index contributed by atoms with van der Waals surface area (Å²) < 4.78 is 0. The smallest absolute Gasteiger partial charge is 0.240 e. The lowest BCUT2D eigenvalue weighted by atomic mass is 10.4. The molecule has 1 amide bonds. The third kappa shape index (κ3) is 40.1. The van der Waals surface area contributed by atoms with Gasteiger partial charge in [-0.1, -0.05) is 33.3 Å². The van der Waals surface area contributed by atoms with Crippen LogP contribution in [0.25, 0.3) is 0 Å². The summed E-state index contributed by atoms with van der Waals surface area (Å²) in [5, 5.41) is 0. The Morgan fingerprint density at radius 2 is 1.78 bits per heavy atom. The molecule has 0 fully saturated rings. The summed E-state index contributed by atoms with van der Waals surface area (Å²) in [5.41, 5.74) is 4.53. The average molecular weight is 129 g/mol. The first-order valence-electron chi connectivity index (χ1n) is 3.10. The minimum absolute atomic E-state index is 0.481. The molecule has 0 unspecified atom stereocenters. The van der Waals surface area contributed by atoms with Crippen LogP contribution in [0, 0.1) is 0 Å². The van der Waals surface area contributed by atoms with Crippen LogP contribution < -0.4 is 5.73 Å². The molecular weight excluding hydrogens is 114 g/mol. The summed E-state index contributed by atoms with van der Waals surface area (Å²) in [4.78, 5) is 9.47. The van der Waals surface area contributed by atoms with E-state index in [4.69, 9.17) is 0 Å². The highest BCUT2D eigenvalue weighted by molar-refractivity contribution is 5.84. The molecule has 0 aromatic rings. The molecule has 0 aliphatic heterocycles. The van der Waals surface area contributed by atoms with E-state index < -0.39 is 5.91 Å². The highest BCUT2D eigenvalue weighted by Gasteiger charge is 1.69. The number of carbonyl (C=O) groups is 1. The van der Waals surface area contributed by atoms with E-state index in [0.29, 0.717) is 0 Å². The minimum Gasteiger partial charge on any atom is -0.366 e. The molecule has 2 N–H and O–H groups in total. The van der Waals surface area contributed by atoms with E-state index in [-0.39, 0.29) is 0 Å². The van der Waals surface area contributed by atoms with Gasteiger partial charge in [-0.05, 0) is 6.08 Å². The maximum atomic E-state index is 9.47. The van der Waals surface area contributed by atoms with Gasteiger partial charge in [-0.25, -0.2) is 0 Å². The fourth-order valence-electron chi connectivity index (χ4n) is 0. The lowest BCUT2D eigenvalue weighted by Crippen LogP contribution is -2.04. The molecule has 0 rings (SSSR count). The number of rotatable bonds is 2. The van der Waals surface area contributed by atoms with E-state index in [0.717, 1.165) is 6.08 Å². The minimum atomic E-state index is -0.481. The molecule has 2 nitrogen and oxygen atoms in total. The van der Waals surface area contributed by atoms with Crippen molar-refractivity contribution in [2.75, 3.05) is 0 Å². The Kier molecular flexibility index (Phi) is 12.6. The molecule has 9 heavy (non-hydrogen) atoms. The Morgan fingerprint density at radius 1 is 1.56 bits per heavy atom. The molecule has 0 bridgehead atoms. The lowest BCUT2D eigenvalue weighted by molar-refractivity contribution is -0.113. The maximum absolute atomic E-state index is 9.47. The standard InChI is InChI=1S/C4H10.C3H5NO/c1-3-4-2;1-2-3(4)5/h3-4H2,1-2H3;2H,1H2,(H2,4,5). The van der Waals surface area contributed by atoms with E-state index in [2.05, 4.69) is 26.2 Å². The molecule has 0 heterocycles. The fourth-order valence-corrected chi connectivity index (χ4v) is 0. The summed E-state index contributed by atoms with van der Waals surface area (Å²) in [6, 6.07) is 0. The van der Waals surface area contributed by atoms with Gasteiger partial charge in [0.25, 0.3) is 0 Å². The van der Waals surface area contributed by atoms with Gasteiger partial charge in [-0.3, -0.25) is 4.79 Å². The highest BCUT2D eigenvalue weighted by Crippen LogP contribution is 1.76. The van der Waals surface area contributed by atoms with Crippen molar-refractivity contribution in [2.24, 2.45) is 5.73 Å². The van der Waals surface area contributed by atoms with Crippen molar-refractivity contribution in [3.63, 3.8) is 0 Å². The Bertz CT molecular complexity index is 77.0.